The highest BCUT2D eigenvalue weighted by atomic mass is 19.1. The van der Waals surface area contributed by atoms with Crippen LogP contribution in [-0.2, 0) is 0 Å². The first kappa shape index (κ1) is 16.1. The Balaban J connectivity index is 2.12. The van der Waals surface area contributed by atoms with Crippen molar-refractivity contribution in [1.82, 2.24) is 0 Å². The molecule has 0 saturated heterocycles. The van der Waals surface area contributed by atoms with E-state index in [1.54, 1.807) is 48.5 Å². The standard InChI is InChI=1S/C22H14F2O2/c23-17-7-3-1-5-15(17)21-13-9-12-20(26)22(14(13)10-11-19(21)25)16-6-2-4-8-18(16)24/h1-12,25-26H. The topological polar surface area (TPSA) is 40.5 Å². The molecule has 2 nitrogen and oxygen atoms in total. The Morgan fingerprint density at radius 1 is 0.500 bits per heavy atom. The van der Waals surface area contributed by atoms with Gasteiger partial charge in [0, 0.05) is 22.3 Å². The molecule has 0 spiro atoms. The largest absolute Gasteiger partial charge is 0.507 e. The van der Waals surface area contributed by atoms with Crippen molar-refractivity contribution < 1.29 is 19.0 Å². The van der Waals surface area contributed by atoms with Crippen LogP contribution in [0.25, 0.3) is 33.0 Å². The summed E-state index contributed by atoms with van der Waals surface area (Å²) >= 11 is 0. The zero-order valence-corrected chi connectivity index (χ0v) is 13.6. The predicted molar refractivity (Wildman–Crippen MR) is 98.1 cm³/mol. The Kier molecular flexibility index (Phi) is 3.81. The van der Waals surface area contributed by atoms with Gasteiger partial charge in [-0.15, -0.1) is 0 Å². The maximum atomic E-state index is 14.3. The van der Waals surface area contributed by atoms with Crippen molar-refractivity contribution in [3.05, 3.63) is 84.4 Å². The van der Waals surface area contributed by atoms with E-state index in [1.165, 1.54) is 24.3 Å². The summed E-state index contributed by atoms with van der Waals surface area (Å²) in [6.07, 6.45) is 0. The maximum absolute atomic E-state index is 14.3. The second-order valence-corrected chi connectivity index (χ2v) is 5.97. The van der Waals surface area contributed by atoms with Crippen molar-refractivity contribution in [3.8, 4) is 33.8 Å². The van der Waals surface area contributed by atoms with Crippen LogP contribution < -0.4 is 0 Å². The Hall–Kier alpha value is -3.40. The van der Waals surface area contributed by atoms with Gasteiger partial charge in [-0.1, -0.05) is 36.4 Å². The van der Waals surface area contributed by atoms with E-state index < -0.39 is 11.6 Å². The average Bonchev–Trinajstić information content (AvgIpc) is 2.64. The molecule has 0 atom stereocenters. The average molecular weight is 348 g/mol. The number of fused-ring (bicyclic) bond motifs is 1. The zero-order valence-electron chi connectivity index (χ0n) is 13.6. The van der Waals surface area contributed by atoms with Gasteiger partial charge in [0.1, 0.15) is 23.1 Å². The van der Waals surface area contributed by atoms with Crippen molar-refractivity contribution in [3.63, 3.8) is 0 Å². The Bertz CT molecular complexity index is 1050. The third kappa shape index (κ3) is 2.47. The summed E-state index contributed by atoms with van der Waals surface area (Å²) in [7, 11) is 0. The number of phenols is 2. The molecule has 2 N–H and O–H groups in total. The summed E-state index contributed by atoms with van der Waals surface area (Å²) in [4.78, 5) is 0. The Labute approximate surface area is 148 Å². The van der Waals surface area contributed by atoms with Gasteiger partial charge < -0.3 is 10.2 Å². The smallest absolute Gasteiger partial charge is 0.131 e. The highest BCUT2D eigenvalue weighted by molar-refractivity contribution is 6.08. The number of rotatable bonds is 2. The molecule has 26 heavy (non-hydrogen) atoms. The summed E-state index contributed by atoms with van der Waals surface area (Å²) in [6, 6.07) is 18.3. The van der Waals surface area contributed by atoms with Gasteiger partial charge in [0.25, 0.3) is 0 Å². The number of benzene rings is 4. The normalized spacial score (nSPS) is 11.0. The first-order chi connectivity index (χ1) is 12.6. The molecule has 128 valence electrons. The molecule has 4 rings (SSSR count). The van der Waals surface area contributed by atoms with Crippen LogP contribution in [0.5, 0.6) is 11.5 Å². The predicted octanol–water partition coefficient (Wildman–Crippen LogP) is 5.86. The fourth-order valence-electron chi connectivity index (χ4n) is 3.28. The molecule has 0 amide bonds. The van der Waals surface area contributed by atoms with Gasteiger partial charge in [-0.2, -0.15) is 0 Å². The fourth-order valence-corrected chi connectivity index (χ4v) is 3.28. The van der Waals surface area contributed by atoms with Gasteiger partial charge in [-0.3, -0.25) is 0 Å². The summed E-state index contributed by atoms with van der Waals surface area (Å²) in [5.41, 5.74) is 1.08. The van der Waals surface area contributed by atoms with Crippen LogP contribution in [-0.4, -0.2) is 10.2 Å². The molecule has 0 fully saturated rings. The number of hydrogen-bond donors (Lipinski definition) is 2. The molecule has 0 unspecified atom stereocenters. The highest BCUT2D eigenvalue weighted by Crippen LogP contribution is 2.44. The number of hydrogen-bond acceptors (Lipinski definition) is 2. The number of phenolic OH excluding ortho intramolecular Hbond substituents is 2. The van der Waals surface area contributed by atoms with E-state index in [4.69, 9.17) is 0 Å². The van der Waals surface area contributed by atoms with E-state index in [1.807, 2.05) is 0 Å². The molecule has 0 aromatic heterocycles. The van der Waals surface area contributed by atoms with E-state index >= 15 is 0 Å². The van der Waals surface area contributed by atoms with E-state index in [9.17, 15) is 19.0 Å². The molecule has 0 aliphatic rings. The van der Waals surface area contributed by atoms with Crippen LogP contribution in [0.4, 0.5) is 8.78 Å². The van der Waals surface area contributed by atoms with E-state index in [2.05, 4.69) is 0 Å². The Morgan fingerprint density at radius 2 is 0.885 bits per heavy atom. The van der Waals surface area contributed by atoms with E-state index in [0.29, 0.717) is 21.9 Å². The summed E-state index contributed by atoms with van der Waals surface area (Å²) in [5.74, 6) is -1.13. The zero-order chi connectivity index (χ0) is 18.3. The maximum Gasteiger partial charge on any atom is 0.131 e. The minimum absolute atomic E-state index is 0.0900. The lowest BCUT2D eigenvalue weighted by Crippen LogP contribution is -1.91. The second-order valence-electron chi connectivity index (χ2n) is 5.97. The minimum atomic E-state index is -0.476. The van der Waals surface area contributed by atoms with Crippen LogP contribution in [0.15, 0.2) is 72.8 Å². The number of aromatic hydroxyl groups is 2. The first-order valence-electron chi connectivity index (χ1n) is 8.05. The monoisotopic (exact) mass is 348 g/mol. The van der Waals surface area contributed by atoms with Crippen LogP contribution in [0.2, 0.25) is 0 Å². The molecule has 0 radical (unpaired) electrons. The molecule has 0 heterocycles. The summed E-state index contributed by atoms with van der Waals surface area (Å²) in [6.45, 7) is 0. The lowest BCUT2D eigenvalue weighted by molar-refractivity contribution is 0.475. The molecule has 4 heteroatoms. The van der Waals surface area contributed by atoms with Gasteiger partial charge in [0.15, 0.2) is 0 Å². The molecular formula is C22H14F2O2. The van der Waals surface area contributed by atoms with Crippen LogP contribution in [0.1, 0.15) is 0 Å². The number of halogens is 2. The fraction of sp³-hybridized carbons (Fsp3) is 0. The van der Waals surface area contributed by atoms with Crippen LogP contribution in [0.3, 0.4) is 0 Å². The molecule has 4 aromatic carbocycles. The van der Waals surface area contributed by atoms with Crippen molar-refractivity contribution in [2.24, 2.45) is 0 Å². The molecule has 0 aliphatic carbocycles. The van der Waals surface area contributed by atoms with Gasteiger partial charge >= 0.3 is 0 Å². The van der Waals surface area contributed by atoms with Crippen LogP contribution in [0, 0.1) is 11.6 Å². The summed E-state index contributed by atoms with van der Waals surface area (Å²) in [5, 5.41) is 21.8. The second kappa shape index (κ2) is 6.15. The molecule has 0 saturated carbocycles. The van der Waals surface area contributed by atoms with Crippen molar-refractivity contribution in [2.75, 3.05) is 0 Å². The minimum Gasteiger partial charge on any atom is -0.507 e. The molecule has 4 aromatic rings. The van der Waals surface area contributed by atoms with E-state index in [-0.39, 0.29) is 22.6 Å². The lowest BCUT2D eigenvalue weighted by atomic mass is 9.91. The molecule has 0 bridgehead atoms. The van der Waals surface area contributed by atoms with Gasteiger partial charge in [-0.05, 0) is 47.2 Å². The molecular weight excluding hydrogens is 334 g/mol. The van der Waals surface area contributed by atoms with Crippen molar-refractivity contribution in [2.45, 2.75) is 0 Å². The highest BCUT2D eigenvalue weighted by Gasteiger charge is 2.18. The van der Waals surface area contributed by atoms with Crippen molar-refractivity contribution in [1.29, 1.82) is 0 Å². The molecule has 0 aliphatic heterocycles. The van der Waals surface area contributed by atoms with Crippen LogP contribution >= 0.6 is 0 Å². The third-order valence-corrected chi connectivity index (χ3v) is 4.44. The van der Waals surface area contributed by atoms with Gasteiger partial charge in [-0.25, -0.2) is 8.78 Å². The first-order valence-corrected chi connectivity index (χ1v) is 8.05. The SMILES string of the molecule is Oc1ccc2c(-c3ccccc3F)c(O)ccc2c1-c1ccccc1F. The Morgan fingerprint density at radius 3 is 1.27 bits per heavy atom. The van der Waals surface area contributed by atoms with Crippen molar-refractivity contribution >= 4 is 10.8 Å². The quantitative estimate of drug-likeness (QED) is 0.476. The summed E-state index contributed by atoms with van der Waals surface area (Å²) < 4.78 is 28.7. The van der Waals surface area contributed by atoms with E-state index in [0.717, 1.165) is 0 Å². The third-order valence-electron chi connectivity index (χ3n) is 4.44. The lowest BCUT2D eigenvalue weighted by Gasteiger charge is -2.15. The van der Waals surface area contributed by atoms with Gasteiger partial charge in [0.05, 0.1) is 0 Å². The van der Waals surface area contributed by atoms with Gasteiger partial charge in [0.2, 0.25) is 0 Å².